The largest absolute Gasteiger partial charge is 0.496 e. The summed E-state index contributed by atoms with van der Waals surface area (Å²) in [5.74, 6) is 0.429. The van der Waals surface area contributed by atoms with Crippen LogP contribution < -0.4 is 4.74 Å². The van der Waals surface area contributed by atoms with Crippen LogP contribution in [-0.4, -0.2) is 37.2 Å². The SMILES string of the molecule is COc1c(C)cc(N=C=S)cc1C(=O)N(C)C. The summed E-state index contributed by atoms with van der Waals surface area (Å²) in [6.07, 6.45) is 0. The molecule has 1 aromatic rings. The van der Waals surface area contributed by atoms with Crippen molar-refractivity contribution in [1.82, 2.24) is 4.90 Å². The Kier molecular flexibility index (Phi) is 4.37. The maximum absolute atomic E-state index is 12.0. The van der Waals surface area contributed by atoms with Gasteiger partial charge in [-0.25, -0.2) is 0 Å². The first kappa shape index (κ1) is 13.4. The molecule has 0 bridgehead atoms. The number of aliphatic imine (C=N–C) groups is 1. The van der Waals surface area contributed by atoms with Gasteiger partial charge < -0.3 is 9.64 Å². The van der Waals surface area contributed by atoms with Crippen LogP contribution in [0.1, 0.15) is 15.9 Å². The molecule has 0 heterocycles. The van der Waals surface area contributed by atoms with Crippen molar-refractivity contribution in [3.8, 4) is 5.75 Å². The number of methoxy groups -OCH3 is 1. The number of amides is 1. The number of rotatable bonds is 3. The summed E-state index contributed by atoms with van der Waals surface area (Å²) >= 11 is 4.56. The van der Waals surface area contributed by atoms with Gasteiger partial charge in [-0.15, -0.1) is 0 Å². The minimum Gasteiger partial charge on any atom is -0.496 e. The smallest absolute Gasteiger partial charge is 0.257 e. The Hall–Kier alpha value is -1.71. The number of carbonyl (C=O) groups is 1. The van der Waals surface area contributed by atoms with Gasteiger partial charge in [-0.2, -0.15) is 4.99 Å². The van der Waals surface area contributed by atoms with Gasteiger partial charge in [0, 0.05) is 14.1 Å². The van der Waals surface area contributed by atoms with Crippen molar-refractivity contribution < 1.29 is 9.53 Å². The van der Waals surface area contributed by atoms with E-state index in [1.807, 2.05) is 6.92 Å². The summed E-state index contributed by atoms with van der Waals surface area (Å²) in [7, 11) is 4.91. The molecule has 0 atom stereocenters. The lowest BCUT2D eigenvalue weighted by Gasteiger charge is -2.15. The molecular formula is C12H14N2O2S. The van der Waals surface area contributed by atoms with Gasteiger partial charge in [-0.05, 0) is 36.8 Å². The first-order chi connectivity index (χ1) is 8.01. The number of hydrogen-bond donors (Lipinski definition) is 0. The molecule has 5 heteroatoms. The Morgan fingerprint density at radius 2 is 2.12 bits per heavy atom. The highest BCUT2D eigenvalue weighted by Crippen LogP contribution is 2.29. The fourth-order valence-electron chi connectivity index (χ4n) is 1.54. The predicted octanol–water partition coefficient (Wildman–Crippen LogP) is 2.44. The lowest BCUT2D eigenvalue weighted by molar-refractivity contribution is 0.0824. The molecule has 0 spiro atoms. The summed E-state index contributed by atoms with van der Waals surface area (Å²) in [6, 6.07) is 3.44. The standard InChI is InChI=1S/C12H14N2O2S/c1-8-5-9(13-7-17)6-10(11(8)16-4)12(15)14(2)3/h5-6H,1-4H3. The number of hydrogen-bond acceptors (Lipinski definition) is 4. The average Bonchev–Trinajstić information content (AvgIpc) is 2.27. The summed E-state index contributed by atoms with van der Waals surface area (Å²) in [6.45, 7) is 1.85. The summed E-state index contributed by atoms with van der Waals surface area (Å²) in [4.78, 5) is 17.4. The van der Waals surface area contributed by atoms with Crippen molar-refractivity contribution in [2.45, 2.75) is 6.92 Å². The number of nitrogens with zero attached hydrogens (tertiary/aromatic N) is 2. The number of thiocarbonyl (C=S) groups is 1. The van der Waals surface area contributed by atoms with Crippen molar-refractivity contribution in [3.63, 3.8) is 0 Å². The number of carbonyl (C=O) groups excluding carboxylic acids is 1. The topological polar surface area (TPSA) is 41.9 Å². The molecule has 4 nitrogen and oxygen atoms in total. The third kappa shape index (κ3) is 2.90. The van der Waals surface area contributed by atoms with E-state index in [1.165, 1.54) is 12.0 Å². The monoisotopic (exact) mass is 250 g/mol. The van der Waals surface area contributed by atoms with Crippen LogP contribution in [0.5, 0.6) is 5.75 Å². The average molecular weight is 250 g/mol. The van der Waals surface area contributed by atoms with Crippen LogP contribution in [0.15, 0.2) is 17.1 Å². The van der Waals surface area contributed by atoms with Crippen LogP contribution in [0.25, 0.3) is 0 Å². The highest BCUT2D eigenvalue weighted by atomic mass is 32.1. The van der Waals surface area contributed by atoms with E-state index in [0.717, 1.165) is 5.56 Å². The minimum atomic E-state index is -0.133. The van der Waals surface area contributed by atoms with Gasteiger partial charge in [0.2, 0.25) is 0 Å². The summed E-state index contributed by atoms with van der Waals surface area (Å²) in [5.41, 5.74) is 1.91. The van der Waals surface area contributed by atoms with Crippen LogP contribution in [0.2, 0.25) is 0 Å². The Bertz CT molecular complexity index is 492. The normalized spacial score (nSPS) is 9.41. The molecule has 0 saturated carbocycles. The number of isothiocyanates is 1. The van der Waals surface area contributed by atoms with Crippen LogP contribution in [0.4, 0.5) is 5.69 Å². The van der Waals surface area contributed by atoms with Crippen LogP contribution in [0.3, 0.4) is 0 Å². The van der Waals surface area contributed by atoms with E-state index in [1.54, 1.807) is 26.2 Å². The van der Waals surface area contributed by atoms with Gasteiger partial charge in [0.05, 0.1) is 23.5 Å². The Labute approximate surface area is 106 Å². The molecule has 0 fully saturated rings. The number of ether oxygens (including phenoxy) is 1. The molecule has 0 aliphatic rings. The molecule has 17 heavy (non-hydrogen) atoms. The lowest BCUT2D eigenvalue weighted by atomic mass is 10.1. The van der Waals surface area contributed by atoms with Gasteiger partial charge in [0.25, 0.3) is 5.91 Å². The van der Waals surface area contributed by atoms with Crippen molar-refractivity contribution in [2.24, 2.45) is 4.99 Å². The number of aryl methyl sites for hydroxylation is 1. The zero-order chi connectivity index (χ0) is 13.0. The van der Waals surface area contributed by atoms with E-state index in [9.17, 15) is 4.79 Å². The van der Waals surface area contributed by atoms with Crippen molar-refractivity contribution >= 4 is 29.0 Å². The minimum absolute atomic E-state index is 0.133. The Balaban J connectivity index is 3.43. The predicted molar refractivity (Wildman–Crippen MR) is 70.4 cm³/mol. The highest BCUT2D eigenvalue weighted by molar-refractivity contribution is 7.78. The van der Waals surface area contributed by atoms with Crippen LogP contribution in [0, 0.1) is 6.92 Å². The molecule has 1 aromatic carbocycles. The molecule has 0 N–H and O–H groups in total. The van der Waals surface area contributed by atoms with E-state index in [4.69, 9.17) is 4.74 Å². The van der Waals surface area contributed by atoms with Gasteiger partial charge in [0.1, 0.15) is 5.75 Å². The quantitative estimate of drug-likeness (QED) is 0.611. The van der Waals surface area contributed by atoms with Crippen molar-refractivity contribution in [3.05, 3.63) is 23.3 Å². The molecule has 0 radical (unpaired) electrons. The van der Waals surface area contributed by atoms with E-state index in [-0.39, 0.29) is 5.91 Å². The second-order valence-electron chi connectivity index (χ2n) is 3.75. The maximum Gasteiger partial charge on any atom is 0.257 e. The fraction of sp³-hybridized carbons (Fsp3) is 0.333. The molecule has 0 saturated heterocycles. The first-order valence-corrected chi connectivity index (χ1v) is 5.40. The molecule has 0 aliphatic carbocycles. The zero-order valence-electron chi connectivity index (χ0n) is 10.3. The lowest BCUT2D eigenvalue weighted by Crippen LogP contribution is -2.22. The molecule has 1 rings (SSSR count). The van der Waals surface area contributed by atoms with Crippen LogP contribution in [-0.2, 0) is 0 Å². The summed E-state index contributed by atoms with van der Waals surface area (Å²) in [5, 5.41) is 2.29. The van der Waals surface area contributed by atoms with E-state index in [0.29, 0.717) is 17.0 Å². The van der Waals surface area contributed by atoms with Crippen molar-refractivity contribution in [2.75, 3.05) is 21.2 Å². The van der Waals surface area contributed by atoms with Gasteiger partial charge in [-0.1, -0.05) is 0 Å². The molecule has 1 amide bonds. The first-order valence-electron chi connectivity index (χ1n) is 4.99. The van der Waals surface area contributed by atoms with Gasteiger partial charge in [-0.3, -0.25) is 4.79 Å². The number of benzene rings is 1. The molecule has 90 valence electrons. The Morgan fingerprint density at radius 1 is 1.47 bits per heavy atom. The second-order valence-corrected chi connectivity index (χ2v) is 3.93. The molecule has 0 aliphatic heterocycles. The zero-order valence-corrected chi connectivity index (χ0v) is 11.1. The van der Waals surface area contributed by atoms with Crippen LogP contribution >= 0.6 is 12.2 Å². The molecular weight excluding hydrogens is 236 g/mol. The van der Waals surface area contributed by atoms with Crippen molar-refractivity contribution in [1.29, 1.82) is 0 Å². The third-order valence-electron chi connectivity index (χ3n) is 2.27. The summed E-state index contributed by atoms with van der Waals surface area (Å²) < 4.78 is 5.24. The molecule has 0 unspecified atom stereocenters. The highest BCUT2D eigenvalue weighted by Gasteiger charge is 2.17. The Morgan fingerprint density at radius 3 is 2.59 bits per heavy atom. The van der Waals surface area contributed by atoms with E-state index in [2.05, 4.69) is 22.4 Å². The maximum atomic E-state index is 12.0. The second kappa shape index (κ2) is 5.57. The van der Waals surface area contributed by atoms with Gasteiger partial charge >= 0.3 is 0 Å². The third-order valence-corrected chi connectivity index (χ3v) is 2.37. The van der Waals surface area contributed by atoms with E-state index >= 15 is 0 Å². The fourth-order valence-corrected chi connectivity index (χ4v) is 1.65. The molecule has 0 aromatic heterocycles. The van der Waals surface area contributed by atoms with E-state index < -0.39 is 0 Å². The van der Waals surface area contributed by atoms with Gasteiger partial charge in [0.15, 0.2) is 0 Å².